The summed E-state index contributed by atoms with van der Waals surface area (Å²) in [4.78, 5) is 14.7. The molecule has 0 aliphatic carbocycles. The molecule has 1 atom stereocenters. The minimum absolute atomic E-state index is 0.00476. The minimum atomic E-state index is -0.0369. The van der Waals surface area contributed by atoms with Gasteiger partial charge in [0.1, 0.15) is 17.2 Å². The molecular weight excluding hydrogens is 478 g/mol. The third-order valence-electron chi connectivity index (χ3n) is 4.62. The van der Waals surface area contributed by atoms with Gasteiger partial charge in [0.2, 0.25) is 0 Å². The number of rotatable bonds is 6. The smallest absolute Gasteiger partial charge is 0.261 e. The molecule has 0 radical (unpaired) electrons. The Morgan fingerprint density at radius 2 is 1.93 bits per heavy atom. The normalized spacial score (nSPS) is 16.3. The molecule has 27 heavy (non-hydrogen) atoms. The van der Waals surface area contributed by atoms with E-state index in [0.717, 1.165) is 38.8 Å². The van der Waals surface area contributed by atoms with Crippen LogP contribution >= 0.6 is 31.9 Å². The Labute approximate surface area is 175 Å². The molecule has 0 N–H and O–H groups in total. The molecule has 0 bridgehead atoms. The van der Waals surface area contributed by atoms with Crippen LogP contribution in [0.4, 0.5) is 0 Å². The van der Waals surface area contributed by atoms with Gasteiger partial charge < -0.3 is 19.1 Å². The van der Waals surface area contributed by atoms with Crippen molar-refractivity contribution in [1.29, 1.82) is 0 Å². The summed E-state index contributed by atoms with van der Waals surface area (Å²) in [5.74, 6) is 2.07. The van der Waals surface area contributed by atoms with Crippen LogP contribution in [0, 0.1) is 0 Å². The van der Waals surface area contributed by atoms with E-state index in [2.05, 4.69) is 31.9 Å². The Kier molecular flexibility index (Phi) is 6.65. The molecule has 0 saturated carbocycles. The van der Waals surface area contributed by atoms with E-state index >= 15 is 0 Å². The van der Waals surface area contributed by atoms with Crippen molar-refractivity contribution in [3.8, 4) is 17.2 Å². The summed E-state index contributed by atoms with van der Waals surface area (Å²) in [7, 11) is 3.25. The van der Waals surface area contributed by atoms with Crippen LogP contribution in [0.25, 0.3) is 0 Å². The van der Waals surface area contributed by atoms with Crippen LogP contribution < -0.4 is 14.2 Å². The van der Waals surface area contributed by atoms with Gasteiger partial charge in [0.25, 0.3) is 5.91 Å². The number of nitrogens with zero attached hydrogens (tertiary/aromatic N) is 1. The predicted octanol–water partition coefficient (Wildman–Crippen LogP) is 4.97. The average Bonchev–Trinajstić information content (AvgIpc) is 3.16. The molecule has 2 aromatic carbocycles. The monoisotopic (exact) mass is 497 g/mol. The third-order valence-corrected chi connectivity index (χ3v) is 5.73. The lowest BCUT2D eigenvalue weighted by Gasteiger charge is -2.26. The van der Waals surface area contributed by atoms with Gasteiger partial charge in [-0.25, -0.2) is 0 Å². The zero-order valence-electron chi connectivity index (χ0n) is 15.2. The molecular formula is C20H21Br2NO4. The summed E-state index contributed by atoms with van der Waals surface area (Å²) in [6.07, 6.45) is 1.85. The molecule has 2 aromatic rings. The highest BCUT2D eigenvalue weighted by molar-refractivity contribution is 9.11. The number of benzene rings is 2. The first-order valence-electron chi connectivity index (χ1n) is 8.62. The number of ether oxygens (including phenoxy) is 3. The summed E-state index contributed by atoms with van der Waals surface area (Å²) in [6, 6.07) is 11.3. The van der Waals surface area contributed by atoms with Gasteiger partial charge in [-0.15, -0.1) is 0 Å². The Bertz CT molecular complexity index is 828. The van der Waals surface area contributed by atoms with Gasteiger partial charge in [0.05, 0.1) is 24.7 Å². The molecule has 5 nitrogen and oxygen atoms in total. The van der Waals surface area contributed by atoms with E-state index in [1.165, 1.54) is 0 Å². The first kappa shape index (κ1) is 20.0. The maximum absolute atomic E-state index is 12.8. The molecule has 1 fully saturated rings. The van der Waals surface area contributed by atoms with E-state index < -0.39 is 0 Å². The van der Waals surface area contributed by atoms with E-state index in [4.69, 9.17) is 14.2 Å². The summed E-state index contributed by atoms with van der Waals surface area (Å²) in [6.45, 7) is 0.707. The highest BCUT2D eigenvalue weighted by Crippen LogP contribution is 2.39. The summed E-state index contributed by atoms with van der Waals surface area (Å²) in [5, 5.41) is 0. The fourth-order valence-corrected chi connectivity index (χ4v) is 4.46. The lowest BCUT2D eigenvalue weighted by molar-refractivity contribution is -0.134. The van der Waals surface area contributed by atoms with Crippen molar-refractivity contribution in [1.82, 2.24) is 4.90 Å². The fourth-order valence-electron chi connectivity index (χ4n) is 3.30. The Balaban J connectivity index is 1.73. The molecule has 1 saturated heterocycles. The maximum Gasteiger partial charge on any atom is 0.261 e. The zero-order chi connectivity index (χ0) is 19.4. The largest absolute Gasteiger partial charge is 0.497 e. The maximum atomic E-state index is 12.8. The van der Waals surface area contributed by atoms with E-state index in [0.29, 0.717) is 12.3 Å². The van der Waals surface area contributed by atoms with Gasteiger partial charge >= 0.3 is 0 Å². The van der Waals surface area contributed by atoms with Crippen LogP contribution in [0.2, 0.25) is 0 Å². The van der Waals surface area contributed by atoms with Gasteiger partial charge in [0, 0.05) is 22.6 Å². The lowest BCUT2D eigenvalue weighted by Crippen LogP contribution is -2.34. The van der Waals surface area contributed by atoms with Crippen molar-refractivity contribution in [2.75, 3.05) is 27.4 Å². The first-order valence-corrected chi connectivity index (χ1v) is 10.2. The highest BCUT2D eigenvalue weighted by Gasteiger charge is 2.32. The van der Waals surface area contributed by atoms with Gasteiger partial charge in [-0.05, 0) is 59.1 Å². The second-order valence-corrected chi connectivity index (χ2v) is 7.99. The number of methoxy groups -OCH3 is 2. The number of amides is 1. The number of hydrogen-bond acceptors (Lipinski definition) is 4. The van der Waals surface area contributed by atoms with E-state index in [1.807, 2.05) is 41.3 Å². The van der Waals surface area contributed by atoms with E-state index in [9.17, 15) is 4.79 Å². The Morgan fingerprint density at radius 3 is 2.63 bits per heavy atom. The van der Waals surface area contributed by atoms with Crippen LogP contribution in [0.5, 0.6) is 17.2 Å². The Hall–Kier alpha value is -1.73. The molecule has 3 rings (SSSR count). The third kappa shape index (κ3) is 4.58. The van der Waals surface area contributed by atoms with E-state index in [1.54, 1.807) is 14.2 Å². The molecule has 1 aliphatic heterocycles. The molecule has 1 aliphatic rings. The molecule has 1 heterocycles. The second-order valence-electron chi connectivity index (χ2n) is 6.22. The van der Waals surface area contributed by atoms with Gasteiger partial charge in [0.15, 0.2) is 6.61 Å². The lowest BCUT2D eigenvalue weighted by atomic mass is 10.0. The van der Waals surface area contributed by atoms with Gasteiger partial charge in [-0.2, -0.15) is 0 Å². The number of hydrogen-bond donors (Lipinski definition) is 0. The molecule has 7 heteroatoms. The number of carbonyl (C=O) groups is 1. The first-order chi connectivity index (χ1) is 13.0. The van der Waals surface area contributed by atoms with Crippen molar-refractivity contribution >= 4 is 37.8 Å². The van der Waals surface area contributed by atoms with Crippen molar-refractivity contribution in [3.05, 3.63) is 50.9 Å². The van der Waals surface area contributed by atoms with Crippen LogP contribution in [0.3, 0.4) is 0 Å². The number of carbonyl (C=O) groups excluding carboxylic acids is 1. The van der Waals surface area contributed by atoms with Crippen molar-refractivity contribution in [2.45, 2.75) is 18.9 Å². The van der Waals surface area contributed by atoms with Crippen LogP contribution in [0.1, 0.15) is 24.4 Å². The summed E-state index contributed by atoms with van der Waals surface area (Å²) < 4.78 is 18.3. The van der Waals surface area contributed by atoms with Crippen molar-refractivity contribution in [2.24, 2.45) is 0 Å². The van der Waals surface area contributed by atoms with Crippen LogP contribution in [0.15, 0.2) is 45.3 Å². The van der Waals surface area contributed by atoms with E-state index in [-0.39, 0.29) is 18.6 Å². The molecule has 0 unspecified atom stereocenters. The standard InChI is InChI=1S/C20H21Br2NO4/c1-25-14-6-7-15(19(11-14)26-2)17-4-3-9-23(17)20(24)12-27-18-8-5-13(21)10-16(18)22/h5-8,10-11,17H,3-4,9,12H2,1-2H3/t17-/m0/s1. The minimum Gasteiger partial charge on any atom is -0.497 e. The number of likely N-dealkylation sites (tertiary alicyclic amines) is 1. The second kappa shape index (κ2) is 8.97. The summed E-state index contributed by atoms with van der Waals surface area (Å²) >= 11 is 6.86. The van der Waals surface area contributed by atoms with Crippen molar-refractivity contribution < 1.29 is 19.0 Å². The van der Waals surface area contributed by atoms with Crippen molar-refractivity contribution in [3.63, 3.8) is 0 Å². The van der Waals surface area contributed by atoms with Gasteiger partial charge in [-0.3, -0.25) is 4.79 Å². The van der Waals surface area contributed by atoms with Crippen LogP contribution in [-0.4, -0.2) is 38.2 Å². The topological polar surface area (TPSA) is 48.0 Å². The van der Waals surface area contributed by atoms with Crippen LogP contribution in [-0.2, 0) is 4.79 Å². The zero-order valence-corrected chi connectivity index (χ0v) is 18.4. The molecule has 0 spiro atoms. The SMILES string of the molecule is COc1ccc([C@@H]2CCCN2C(=O)COc2ccc(Br)cc2Br)c(OC)c1. The van der Waals surface area contributed by atoms with Gasteiger partial charge in [-0.1, -0.05) is 15.9 Å². The molecule has 1 amide bonds. The highest BCUT2D eigenvalue weighted by atomic mass is 79.9. The predicted molar refractivity (Wildman–Crippen MR) is 111 cm³/mol. The molecule has 144 valence electrons. The average molecular weight is 499 g/mol. The quantitative estimate of drug-likeness (QED) is 0.564. The summed E-state index contributed by atoms with van der Waals surface area (Å²) in [5.41, 5.74) is 0.994. The fraction of sp³-hybridized carbons (Fsp3) is 0.350. The number of halogens is 2. The molecule has 0 aromatic heterocycles. The Morgan fingerprint density at radius 1 is 1.11 bits per heavy atom.